The summed E-state index contributed by atoms with van der Waals surface area (Å²) in [5, 5.41) is 2.07. The van der Waals surface area contributed by atoms with Crippen LogP contribution in [0.5, 0.6) is 0 Å². The summed E-state index contributed by atoms with van der Waals surface area (Å²) in [5.41, 5.74) is 1.46. The Balaban J connectivity index is 2.07. The van der Waals surface area contributed by atoms with E-state index in [0.29, 0.717) is 5.92 Å². The summed E-state index contributed by atoms with van der Waals surface area (Å²) >= 11 is 0. The average Bonchev–Trinajstić information content (AvgIpc) is 3.22. The van der Waals surface area contributed by atoms with Crippen molar-refractivity contribution in [2.24, 2.45) is 5.92 Å². The molecule has 1 nitrogen and oxygen atoms in total. The van der Waals surface area contributed by atoms with Gasteiger partial charge in [-0.15, -0.1) is 0 Å². The first-order chi connectivity index (χ1) is 10.4. The molecule has 0 bridgehead atoms. The zero-order chi connectivity index (χ0) is 15.8. The van der Waals surface area contributed by atoms with Crippen molar-refractivity contribution >= 4 is 18.7 Å². The molecule has 0 amide bonds. The number of rotatable bonds is 5. The normalized spacial score (nSPS) is 18.0. The molecule has 0 saturated heterocycles. The van der Waals surface area contributed by atoms with Crippen molar-refractivity contribution < 1.29 is 4.80 Å². The number of allylic oxidation sites excluding steroid dienone is 2. The van der Waals surface area contributed by atoms with E-state index in [2.05, 4.69) is 51.1 Å². The number of hydrogen-bond donors (Lipinski definition) is 1. The Morgan fingerprint density at radius 2 is 1.32 bits per heavy atom. The van der Waals surface area contributed by atoms with Gasteiger partial charge in [-0.05, 0) is 34.7 Å². The van der Waals surface area contributed by atoms with Crippen molar-refractivity contribution in [3.63, 3.8) is 0 Å². The zero-order valence-electron chi connectivity index (χ0n) is 13.6. The summed E-state index contributed by atoms with van der Waals surface area (Å²) in [4.78, 5) is 12.0. The Labute approximate surface area is 134 Å². The smallest absolute Gasteiger partial charge is 0.258 e. The summed E-state index contributed by atoms with van der Waals surface area (Å²) in [5.74, 6) is 0.571. The molecular formula is C20H24OSi. The van der Waals surface area contributed by atoms with E-state index in [1.54, 1.807) is 0 Å². The first-order valence-corrected chi connectivity index (χ1v) is 9.91. The van der Waals surface area contributed by atoms with Gasteiger partial charge in [0.2, 0.25) is 0 Å². The van der Waals surface area contributed by atoms with Crippen LogP contribution in [0.25, 0.3) is 0 Å². The van der Waals surface area contributed by atoms with Gasteiger partial charge < -0.3 is 4.80 Å². The quantitative estimate of drug-likeness (QED) is 0.662. The number of benzene rings is 2. The third kappa shape index (κ3) is 2.57. The minimum atomic E-state index is -2.81. The highest BCUT2D eigenvalue weighted by Crippen LogP contribution is 2.47. The van der Waals surface area contributed by atoms with Crippen LogP contribution < -0.4 is 10.4 Å². The van der Waals surface area contributed by atoms with Crippen molar-refractivity contribution in [2.75, 3.05) is 0 Å². The maximum Gasteiger partial charge on any atom is 0.258 e. The second kappa shape index (κ2) is 5.53. The molecule has 2 aromatic carbocycles. The standard InChI is InChI=1S/C20H24OSi/c1-16-14-17(16)15-20(2,3)22(21,18-10-6-4-7-11-18)19-12-8-5-9-13-19/h4-14,17,21H,15H2,1-3H3. The predicted octanol–water partition coefficient (Wildman–Crippen LogP) is 3.49. The molecule has 1 N–H and O–H groups in total. The highest BCUT2D eigenvalue weighted by Gasteiger charge is 2.51. The molecule has 2 aromatic rings. The fourth-order valence-electron chi connectivity index (χ4n) is 3.49. The maximum absolute atomic E-state index is 12.0. The fourth-order valence-corrected chi connectivity index (χ4v) is 7.25. The molecule has 1 atom stereocenters. The lowest BCUT2D eigenvalue weighted by Gasteiger charge is -2.41. The van der Waals surface area contributed by atoms with E-state index >= 15 is 0 Å². The molecule has 0 heterocycles. The van der Waals surface area contributed by atoms with E-state index in [1.807, 2.05) is 36.4 Å². The molecule has 0 aromatic heterocycles. The van der Waals surface area contributed by atoms with Crippen LogP contribution >= 0.6 is 0 Å². The molecule has 2 heteroatoms. The van der Waals surface area contributed by atoms with E-state index in [1.165, 1.54) is 5.57 Å². The molecule has 0 fully saturated rings. The Kier molecular flexibility index (Phi) is 3.83. The van der Waals surface area contributed by atoms with Gasteiger partial charge >= 0.3 is 0 Å². The Morgan fingerprint density at radius 3 is 1.68 bits per heavy atom. The van der Waals surface area contributed by atoms with Crippen LogP contribution in [0.3, 0.4) is 0 Å². The second-order valence-corrected chi connectivity index (χ2v) is 11.0. The lowest BCUT2D eigenvalue weighted by molar-refractivity contribution is 0.455. The van der Waals surface area contributed by atoms with Crippen LogP contribution in [0.1, 0.15) is 27.2 Å². The minimum Gasteiger partial charge on any atom is -0.424 e. The molecular weight excluding hydrogens is 284 g/mol. The van der Waals surface area contributed by atoms with Crippen molar-refractivity contribution in [1.82, 2.24) is 0 Å². The number of hydrogen-bond acceptors (Lipinski definition) is 1. The predicted molar refractivity (Wildman–Crippen MR) is 96.0 cm³/mol. The van der Waals surface area contributed by atoms with Gasteiger partial charge in [-0.25, -0.2) is 0 Å². The third-order valence-electron chi connectivity index (χ3n) is 5.03. The molecule has 1 aliphatic carbocycles. The molecule has 3 rings (SSSR count). The summed E-state index contributed by atoms with van der Waals surface area (Å²) < 4.78 is 0. The van der Waals surface area contributed by atoms with E-state index in [4.69, 9.17) is 0 Å². The molecule has 22 heavy (non-hydrogen) atoms. The average molecular weight is 308 g/mol. The first kappa shape index (κ1) is 15.3. The van der Waals surface area contributed by atoms with Crippen LogP contribution in [0.4, 0.5) is 0 Å². The molecule has 1 unspecified atom stereocenters. The Morgan fingerprint density at radius 1 is 0.909 bits per heavy atom. The third-order valence-corrected chi connectivity index (χ3v) is 9.53. The summed E-state index contributed by atoms with van der Waals surface area (Å²) in [6.45, 7) is 6.66. The lowest BCUT2D eigenvalue weighted by Crippen LogP contribution is -2.65. The van der Waals surface area contributed by atoms with Crippen LogP contribution in [0, 0.1) is 5.92 Å². The van der Waals surface area contributed by atoms with Gasteiger partial charge in [0.25, 0.3) is 8.32 Å². The second-order valence-electron chi connectivity index (χ2n) is 7.05. The van der Waals surface area contributed by atoms with E-state index in [9.17, 15) is 4.80 Å². The highest BCUT2D eigenvalue weighted by molar-refractivity contribution is 6.98. The summed E-state index contributed by atoms with van der Waals surface area (Å²) in [6, 6.07) is 20.5. The summed E-state index contributed by atoms with van der Waals surface area (Å²) in [7, 11) is -2.81. The van der Waals surface area contributed by atoms with Gasteiger partial charge in [0.1, 0.15) is 0 Å². The molecule has 0 aliphatic heterocycles. The van der Waals surface area contributed by atoms with Crippen LogP contribution in [0.15, 0.2) is 72.3 Å². The Bertz CT molecular complexity index is 634. The van der Waals surface area contributed by atoms with Crippen LogP contribution in [-0.2, 0) is 0 Å². The molecule has 0 saturated carbocycles. The van der Waals surface area contributed by atoms with Crippen LogP contribution in [-0.4, -0.2) is 13.1 Å². The van der Waals surface area contributed by atoms with Gasteiger partial charge in [0.15, 0.2) is 0 Å². The Hall–Kier alpha value is -1.64. The van der Waals surface area contributed by atoms with Crippen molar-refractivity contribution in [3.8, 4) is 0 Å². The van der Waals surface area contributed by atoms with Gasteiger partial charge in [-0.1, -0.05) is 86.2 Å². The van der Waals surface area contributed by atoms with Gasteiger partial charge in [-0.3, -0.25) is 0 Å². The van der Waals surface area contributed by atoms with E-state index < -0.39 is 8.32 Å². The first-order valence-electron chi connectivity index (χ1n) is 7.97. The van der Waals surface area contributed by atoms with Gasteiger partial charge in [-0.2, -0.15) is 0 Å². The van der Waals surface area contributed by atoms with Crippen molar-refractivity contribution in [1.29, 1.82) is 0 Å². The lowest BCUT2D eigenvalue weighted by atomic mass is 10.0. The SMILES string of the molecule is CC1=CC1CC(C)(C)[Si](O)(c1ccccc1)c1ccccc1. The molecule has 114 valence electrons. The zero-order valence-corrected chi connectivity index (χ0v) is 14.6. The summed E-state index contributed by atoms with van der Waals surface area (Å²) in [6.07, 6.45) is 3.33. The van der Waals surface area contributed by atoms with Crippen molar-refractivity contribution in [3.05, 3.63) is 72.3 Å². The maximum atomic E-state index is 12.0. The van der Waals surface area contributed by atoms with E-state index in [-0.39, 0.29) is 5.04 Å². The van der Waals surface area contributed by atoms with Gasteiger partial charge in [0, 0.05) is 0 Å². The van der Waals surface area contributed by atoms with Crippen LogP contribution in [0.2, 0.25) is 5.04 Å². The highest BCUT2D eigenvalue weighted by atomic mass is 28.4. The fraction of sp³-hybridized carbons (Fsp3) is 0.300. The molecule has 1 aliphatic rings. The molecule has 0 radical (unpaired) electrons. The largest absolute Gasteiger partial charge is 0.424 e. The molecule has 0 spiro atoms. The monoisotopic (exact) mass is 308 g/mol. The minimum absolute atomic E-state index is 0.130. The van der Waals surface area contributed by atoms with Gasteiger partial charge in [0.05, 0.1) is 0 Å². The van der Waals surface area contributed by atoms with Crippen molar-refractivity contribution in [2.45, 2.75) is 32.2 Å². The van der Waals surface area contributed by atoms with E-state index in [0.717, 1.165) is 16.8 Å². The topological polar surface area (TPSA) is 20.2 Å².